The lowest BCUT2D eigenvalue weighted by molar-refractivity contribution is -0.139. The van der Waals surface area contributed by atoms with Gasteiger partial charge >= 0.3 is 6.09 Å². The highest BCUT2D eigenvalue weighted by atomic mass is 19.3. The maximum absolute atomic E-state index is 16.4. The van der Waals surface area contributed by atoms with Gasteiger partial charge in [-0.15, -0.1) is 0 Å². The summed E-state index contributed by atoms with van der Waals surface area (Å²) < 4.78 is 37.6. The zero-order valence-corrected chi connectivity index (χ0v) is 30.8. The second kappa shape index (κ2) is 12.0. The van der Waals surface area contributed by atoms with Gasteiger partial charge in [0, 0.05) is 28.6 Å². The van der Waals surface area contributed by atoms with Crippen molar-refractivity contribution in [3.63, 3.8) is 0 Å². The number of benzene rings is 3. The largest absolute Gasteiger partial charge is 0.453 e. The number of hydrogen-bond donors (Lipinski definition) is 3. The van der Waals surface area contributed by atoms with Gasteiger partial charge < -0.3 is 24.9 Å². The number of nitrogens with zero attached hydrogens (tertiary/aromatic N) is 2. The first-order chi connectivity index (χ1) is 26.0. The maximum atomic E-state index is 16.4. The number of likely N-dealkylation sites (tertiary alicyclic amines) is 1. The van der Waals surface area contributed by atoms with Crippen molar-refractivity contribution in [2.24, 2.45) is 17.3 Å². The van der Waals surface area contributed by atoms with Crippen LogP contribution in [0.3, 0.4) is 0 Å². The number of alkyl carbamates (subject to hydrolysis) is 1. The number of piperidine rings is 1. The minimum atomic E-state index is -3.14. The van der Waals surface area contributed by atoms with E-state index in [1.54, 1.807) is 12.1 Å². The number of hydrogen-bond acceptors (Lipinski definition) is 4. The summed E-state index contributed by atoms with van der Waals surface area (Å²) in [5.74, 6) is -1.91. The van der Waals surface area contributed by atoms with Crippen LogP contribution < -0.4 is 5.32 Å². The van der Waals surface area contributed by atoms with Gasteiger partial charge in [0.15, 0.2) is 0 Å². The summed E-state index contributed by atoms with van der Waals surface area (Å²) in [7, 11) is 1.29. The zero-order valence-electron chi connectivity index (χ0n) is 30.8. The van der Waals surface area contributed by atoms with Crippen LogP contribution in [-0.2, 0) is 15.5 Å². The average molecular weight is 730 g/mol. The van der Waals surface area contributed by atoms with E-state index in [2.05, 4.69) is 21.4 Å². The Morgan fingerprint density at radius 3 is 2.33 bits per heavy atom. The fourth-order valence-corrected chi connectivity index (χ4v) is 10.4. The van der Waals surface area contributed by atoms with Gasteiger partial charge in [-0.2, -0.15) is 8.78 Å². The number of H-pyrrole nitrogens is 2. The highest BCUT2D eigenvalue weighted by Gasteiger charge is 2.52. The van der Waals surface area contributed by atoms with Crippen LogP contribution in [0.15, 0.2) is 66.7 Å². The summed E-state index contributed by atoms with van der Waals surface area (Å²) in [6.45, 7) is 3.82. The molecule has 1 saturated heterocycles. The number of aromatic nitrogens is 3. The van der Waals surface area contributed by atoms with Crippen LogP contribution in [0.5, 0.6) is 0 Å². The van der Waals surface area contributed by atoms with Crippen LogP contribution in [0.1, 0.15) is 99.8 Å². The number of imidazole rings is 1. The van der Waals surface area contributed by atoms with Gasteiger partial charge in [0.05, 0.1) is 24.2 Å². The molecule has 278 valence electrons. The first-order valence-electron chi connectivity index (χ1n) is 19.6. The van der Waals surface area contributed by atoms with Gasteiger partial charge in [-0.3, -0.25) is 4.79 Å². The Morgan fingerprint density at radius 2 is 1.61 bits per heavy atom. The molecule has 10 rings (SSSR count). The lowest BCUT2D eigenvalue weighted by Gasteiger charge is -2.37. The monoisotopic (exact) mass is 729 g/mol. The quantitative estimate of drug-likeness (QED) is 0.155. The molecule has 3 aromatic carbocycles. The Labute approximate surface area is 313 Å². The van der Waals surface area contributed by atoms with E-state index in [4.69, 9.17) is 9.72 Å². The number of aromatic amines is 2. The first kappa shape index (κ1) is 33.6. The molecule has 0 radical (unpaired) electrons. The molecule has 2 aromatic heterocycles. The van der Waals surface area contributed by atoms with Crippen molar-refractivity contribution >= 4 is 23.0 Å². The fraction of sp³-hybridized carbons (Fsp3) is 0.432. The predicted octanol–water partition coefficient (Wildman–Crippen LogP) is 9.83. The van der Waals surface area contributed by atoms with Crippen molar-refractivity contribution in [2.75, 3.05) is 7.11 Å². The van der Waals surface area contributed by atoms with Gasteiger partial charge in [-0.05, 0) is 139 Å². The molecule has 2 amide bonds. The lowest BCUT2D eigenvalue weighted by atomic mass is 9.95. The number of carbonyl (C=O) groups is 2. The molecule has 5 aliphatic rings. The number of halogens is 2. The lowest BCUT2D eigenvalue weighted by Crippen LogP contribution is -2.54. The van der Waals surface area contributed by atoms with Gasteiger partial charge in [0.2, 0.25) is 5.91 Å². The minimum absolute atomic E-state index is 0.0156. The molecule has 3 N–H and O–H groups in total. The summed E-state index contributed by atoms with van der Waals surface area (Å²) in [5.41, 5.74) is 7.69. The van der Waals surface area contributed by atoms with Gasteiger partial charge in [-0.25, -0.2) is 9.78 Å². The number of fused-ring (bicyclic) bond motifs is 6. The number of methoxy groups -OCH3 is 1. The smallest absolute Gasteiger partial charge is 0.407 e. The number of carbonyl (C=O) groups excluding carboxylic acids is 2. The van der Waals surface area contributed by atoms with Crippen LogP contribution in [0.2, 0.25) is 0 Å². The van der Waals surface area contributed by atoms with Crippen LogP contribution in [-0.4, -0.2) is 51.0 Å². The molecule has 10 heteroatoms. The highest BCUT2D eigenvalue weighted by Crippen LogP contribution is 2.62. The van der Waals surface area contributed by atoms with E-state index in [0.717, 1.165) is 47.1 Å². The van der Waals surface area contributed by atoms with E-state index >= 15 is 8.78 Å². The topological polar surface area (TPSA) is 103 Å². The normalized spacial score (nSPS) is 24.7. The number of alkyl halides is 2. The predicted molar refractivity (Wildman–Crippen MR) is 203 cm³/mol. The Morgan fingerprint density at radius 1 is 0.889 bits per heavy atom. The number of ether oxygens (including phenoxy) is 1. The van der Waals surface area contributed by atoms with Gasteiger partial charge in [-0.1, -0.05) is 44.2 Å². The molecule has 1 unspecified atom stereocenters. The Hall–Kier alpha value is -4.99. The molecule has 5 aromatic rings. The van der Waals surface area contributed by atoms with Crippen molar-refractivity contribution in [2.45, 2.75) is 95.2 Å². The van der Waals surface area contributed by atoms with Crippen LogP contribution >= 0.6 is 0 Å². The third-order valence-corrected chi connectivity index (χ3v) is 13.5. The van der Waals surface area contributed by atoms with E-state index in [0.29, 0.717) is 33.8 Å². The van der Waals surface area contributed by atoms with E-state index in [-0.39, 0.29) is 41.0 Å². The zero-order chi connectivity index (χ0) is 37.1. The van der Waals surface area contributed by atoms with Crippen LogP contribution in [0, 0.1) is 17.3 Å². The molecular formula is C44H45F2N5O3. The summed E-state index contributed by atoms with van der Waals surface area (Å²) in [6, 6.07) is 19.9. The number of nitrogens with one attached hydrogen (secondary N) is 3. The number of rotatable bonds is 7. The van der Waals surface area contributed by atoms with Gasteiger partial charge in [0.25, 0.3) is 5.92 Å². The van der Waals surface area contributed by atoms with Crippen LogP contribution in [0.25, 0.3) is 44.5 Å². The van der Waals surface area contributed by atoms with Crippen molar-refractivity contribution in [1.82, 2.24) is 25.2 Å². The van der Waals surface area contributed by atoms with E-state index in [1.807, 2.05) is 67.3 Å². The second-order valence-electron chi connectivity index (χ2n) is 17.0. The molecule has 54 heavy (non-hydrogen) atoms. The molecule has 3 saturated carbocycles. The van der Waals surface area contributed by atoms with Crippen LogP contribution in [0.4, 0.5) is 13.6 Å². The Balaban J connectivity index is 0.921. The summed E-state index contributed by atoms with van der Waals surface area (Å²) >= 11 is 0. The van der Waals surface area contributed by atoms with Crippen molar-refractivity contribution in [3.05, 3.63) is 89.4 Å². The molecule has 3 heterocycles. The Bertz CT molecular complexity index is 2340. The van der Waals surface area contributed by atoms with E-state index in [9.17, 15) is 9.59 Å². The van der Waals surface area contributed by atoms with Gasteiger partial charge in [0.1, 0.15) is 11.9 Å². The first-order valence-corrected chi connectivity index (χ1v) is 19.6. The van der Waals surface area contributed by atoms with E-state index in [1.165, 1.54) is 44.9 Å². The molecule has 2 bridgehead atoms. The minimum Gasteiger partial charge on any atom is -0.453 e. The molecule has 5 atom stereocenters. The van der Waals surface area contributed by atoms with Crippen molar-refractivity contribution < 1.29 is 23.1 Å². The maximum Gasteiger partial charge on any atom is 0.407 e. The summed E-state index contributed by atoms with van der Waals surface area (Å²) in [4.78, 5) is 40.1. The highest BCUT2D eigenvalue weighted by molar-refractivity contribution is 5.88. The molecular weight excluding hydrogens is 685 g/mol. The average Bonchev–Trinajstić information content (AvgIpc) is 3.83. The third kappa shape index (κ3) is 5.22. The van der Waals surface area contributed by atoms with Crippen molar-refractivity contribution in [3.8, 4) is 33.5 Å². The molecule has 8 nitrogen and oxygen atoms in total. The molecule has 1 spiro atoms. The standard InChI is InChI=1S/C44H45F2N5O3/c1-23(2)38(50-42(53)54-3)41(52)51-29-8-4-27(18-29)39(51)40-48-36-11-7-25(21-37(36)49-40)24-5-9-30-31-10-6-26(20-33(31)44(45,46)32(30)19-24)34-12-13-35(47-34)28-14-15-43(22-28)16-17-43/h5-7,9-13,19-21,23,27-29,38-39,47H,4,8,14-18,22H2,1-3H3,(H,48,49)(H,50,53)/t27-,28-,29+,38?,39-/m0/s1. The molecule has 1 aliphatic heterocycles. The second-order valence-corrected chi connectivity index (χ2v) is 17.0. The number of amides is 2. The molecule has 4 aliphatic carbocycles. The summed E-state index contributed by atoms with van der Waals surface area (Å²) in [5, 5.41) is 2.74. The molecule has 4 fully saturated rings. The fourth-order valence-electron chi connectivity index (χ4n) is 10.4. The SMILES string of the molecule is COC(=O)NC(C(=O)N1[C@@H]2CC[C@@H](C2)[C@H]1c1nc2ccc(-c3ccc4c(c3)C(F)(F)c3cc(-c5ccc([C@H]6CCC7(CC7)C6)[nH]5)ccc3-4)cc2[nH]1)C(C)C. The third-order valence-electron chi connectivity index (χ3n) is 13.5. The van der Waals surface area contributed by atoms with Crippen molar-refractivity contribution in [1.29, 1.82) is 0 Å². The Kier molecular flexibility index (Phi) is 7.46. The summed E-state index contributed by atoms with van der Waals surface area (Å²) in [6.07, 6.45) is 8.61. The van der Waals surface area contributed by atoms with E-state index < -0.39 is 18.1 Å².